The lowest BCUT2D eigenvalue weighted by Gasteiger charge is -2.40. The number of esters is 2. The van der Waals surface area contributed by atoms with Crippen molar-refractivity contribution in [1.29, 1.82) is 0 Å². The molecule has 0 saturated carbocycles. The third-order valence-corrected chi connectivity index (χ3v) is 8.25. The van der Waals surface area contributed by atoms with E-state index in [4.69, 9.17) is 33.2 Å². The molecule has 41 heavy (non-hydrogen) atoms. The number of hydrogen-bond acceptors (Lipinski definition) is 10. The molecule has 0 N–H and O–H groups in total. The molecule has 216 valence electrons. The Morgan fingerprint density at radius 3 is 2.46 bits per heavy atom. The summed E-state index contributed by atoms with van der Waals surface area (Å²) in [7, 11) is 5.12. The molecule has 4 heterocycles. The van der Waals surface area contributed by atoms with Crippen LogP contribution in [0.3, 0.4) is 0 Å². The Balaban J connectivity index is 1.59. The standard InChI is InChI=1S/C31H33NO9/c1-6-37-30(33)18-9-7-17(8-10-18)23-19-11-12-32(3)25-24(19)28(29-27(23)39-15-40-29)38-14-22(36-5)21(35-4)13-20-16(2)26(25)41-31(20)34/h7-10,25-26H,6,11-15H2,1-5H3/b22-21-. The fraction of sp³-hybridized carbons (Fsp3) is 0.419. The maximum absolute atomic E-state index is 13.2. The Morgan fingerprint density at radius 1 is 1.02 bits per heavy atom. The van der Waals surface area contributed by atoms with E-state index in [0.717, 1.165) is 27.8 Å². The number of methoxy groups -OCH3 is 2. The zero-order valence-electron chi connectivity index (χ0n) is 23.8. The van der Waals surface area contributed by atoms with Gasteiger partial charge in [0.2, 0.25) is 12.5 Å². The molecule has 2 aromatic rings. The van der Waals surface area contributed by atoms with Crippen molar-refractivity contribution in [2.75, 3.05) is 47.8 Å². The molecule has 6 rings (SSSR count). The number of fused-ring (bicyclic) bond motifs is 4. The topological polar surface area (TPSA) is 102 Å². The summed E-state index contributed by atoms with van der Waals surface area (Å²) in [6, 6.07) is 6.95. The van der Waals surface area contributed by atoms with Crippen molar-refractivity contribution in [3.8, 4) is 28.4 Å². The molecule has 10 nitrogen and oxygen atoms in total. The second-order valence-corrected chi connectivity index (χ2v) is 10.3. The van der Waals surface area contributed by atoms with Gasteiger partial charge in [-0.05, 0) is 56.1 Å². The van der Waals surface area contributed by atoms with Gasteiger partial charge in [0.05, 0.1) is 32.4 Å². The van der Waals surface area contributed by atoms with E-state index in [0.29, 0.717) is 59.5 Å². The second kappa shape index (κ2) is 10.7. The van der Waals surface area contributed by atoms with Crippen molar-refractivity contribution in [3.05, 3.63) is 63.6 Å². The lowest BCUT2D eigenvalue weighted by Crippen LogP contribution is -2.40. The van der Waals surface area contributed by atoms with Gasteiger partial charge in [0.25, 0.3) is 0 Å². The largest absolute Gasteiger partial charge is 0.497 e. The van der Waals surface area contributed by atoms with Crippen molar-refractivity contribution < 1.29 is 42.7 Å². The van der Waals surface area contributed by atoms with E-state index >= 15 is 0 Å². The highest BCUT2D eigenvalue weighted by atomic mass is 16.7. The predicted octanol–water partition coefficient (Wildman–Crippen LogP) is 4.32. The second-order valence-electron chi connectivity index (χ2n) is 10.3. The molecule has 2 atom stereocenters. The van der Waals surface area contributed by atoms with Gasteiger partial charge in [0.1, 0.15) is 18.5 Å². The molecule has 10 heteroatoms. The van der Waals surface area contributed by atoms with Crippen LogP contribution in [0, 0.1) is 0 Å². The van der Waals surface area contributed by atoms with Crippen molar-refractivity contribution >= 4 is 11.9 Å². The Kier molecular flexibility index (Phi) is 7.03. The molecule has 2 unspecified atom stereocenters. The van der Waals surface area contributed by atoms with Gasteiger partial charge in [-0.1, -0.05) is 12.1 Å². The Morgan fingerprint density at radius 2 is 1.76 bits per heavy atom. The van der Waals surface area contributed by atoms with Gasteiger partial charge in [-0.3, -0.25) is 4.90 Å². The first-order valence-electron chi connectivity index (χ1n) is 13.7. The maximum Gasteiger partial charge on any atom is 0.338 e. The zero-order valence-corrected chi connectivity index (χ0v) is 23.8. The molecule has 0 fully saturated rings. The smallest absolute Gasteiger partial charge is 0.338 e. The minimum Gasteiger partial charge on any atom is -0.497 e. The van der Waals surface area contributed by atoms with E-state index in [2.05, 4.69) is 4.90 Å². The molecule has 2 aromatic carbocycles. The van der Waals surface area contributed by atoms with E-state index in [9.17, 15) is 9.59 Å². The van der Waals surface area contributed by atoms with Gasteiger partial charge >= 0.3 is 11.9 Å². The van der Waals surface area contributed by atoms with Gasteiger partial charge < -0.3 is 33.2 Å². The van der Waals surface area contributed by atoms with Gasteiger partial charge in [0.15, 0.2) is 17.3 Å². The summed E-state index contributed by atoms with van der Waals surface area (Å²) in [6.45, 7) is 4.83. The zero-order chi connectivity index (χ0) is 28.8. The summed E-state index contributed by atoms with van der Waals surface area (Å²) in [6.07, 6.45) is 0.391. The van der Waals surface area contributed by atoms with Crippen molar-refractivity contribution in [3.63, 3.8) is 0 Å². The van der Waals surface area contributed by atoms with Crippen LogP contribution < -0.4 is 14.2 Å². The number of allylic oxidation sites excluding steroid dienone is 1. The van der Waals surface area contributed by atoms with Crippen LogP contribution in [0.2, 0.25) is 0 Å². The summed E-state index contributed by atoms with van der Waals surface area (Å²) < 4.78 is 41.2. The Hall–Kier alpha value is -4.18. The van der Waals surface area contributed by atoms with Crippen LogP contribution >= 0.6 is 0 Å². The number of benzene rings is 2. The van der Waals surface area contributed by atoms with Crippen LogP contribution in [0.5, 0.6) is 17.2 Å². The van der Waals surface area contributed by atoms with Crippen LogP contribution in [-0.4, -0.2) is 70.8 Å². The lowest BCUT2D eigenvalue weighted by molar-refractivity contribution is -0.142. The highest BCUT2D eigenvalue weighted by Gasteiger charge is 2.46. The van der Waals surface area contributed by atoms with E-state index in [-0.39, 0.29) is 37.8 Å². The lowest BCUT2D eigenvalue weighted by atomic mass is 9.81. The average Bonchev–Trinajstić information content (AvgIpc) is 3.56. The predicted molar refractivity (Wildman–Crippen MR) is 147 cm³/mol. The molecular weight excluding hydrogens is 530 g/mol. The van der Waals surface area contributed by atoms with Crippen LogP contribution in [0.1, 0.15) is 47.8 Å². The number of rotatable bonds is 5. The number of carbonyl (C=O) groups is 2. The minimum atomic E-state index is -0.537. The van der Waals surface area contributed by atoms with E-state index in [1.165, 1.54) is 0 Å². The summed E-state index contributed by atoms with van der Waals surface area (Å²) in [5.41, 5.74) is 5.50. The number of ether oxygens (including phenoxy) is 7. The van der Waals surface area contributed by atoms with E-state index in [1.807, 2.05) is 26.1 Å². The molecule has 0 aromatic heterocycles. The Bertz CT molecular complexity index is 1470. The number of carbonyl (C=O) groups excluding carboxylic acids is 2. The van der Waals surface area contributed by atoms with Crippen molar-refractivity contribution in [1.82, 2.24) is 4.90 Å². The van der Waals surface area contributed by atoms with Gasteiger partial charge in [0, 0.05) is 29.7 Å². The normalized spacial score (nSPS) is 23.3. The molecule has 0 amide bonds. The molecule has 4 aliphatic rings. The maximum atomic E-state index is 13.2. The Labute approximate surface area is 238 Å². The van der Waals surface area contributed by atoms with Crippen LogP contribution in [0.25, 0.3) is 11.1 Å². The SMILES string of the molecule is CCOC(=O)c1ccc(-c2c3c4c(c5c2OCO5)OC/C(OC)=C(/OC)CC2=C(C)C(OC2=O)C4N(C)CC3)cc1. The molecule has 0 aliphatic carbocycles. The van der Waals surface area contributed by atoms with Crippen LogP contribution in [-0.2, 0) is 30.2 Å². The van der Waals surface area contributed by atoms with Gasteiger partial charge in [-0.25, -0.2) is 9.59 Å². The summed E-state index contributed by atoms with van der Waals surface area (Å²) >= 11 is 0. The number of nitrogens with zero attached hydrogens (tertiary/aromatic N) is 1. The summed E-state index contributed by atoms with van der Waals surface area (Å²) in [4.78, 5) is 27.7. The molecule has 4 aliphatic heterocycles. The van der Waals surface area contributed by atoms with Crippen molar-refractivity contribution in [2.45, 2.75) is 38.8 Å². The minimum absolute atomic E-state index is 0.0286. The molecule has 2 bridgehead atoms. The van der Waals surface area contributed by atoms with Crippen molar-refractivity contribution in [2.24, 2.45) is 0 Å². The number of likely N-dealkylation sites (N-methyl/N-ethyl adjacent to an activating group) is 1. The summed E-state index contributed by atoms with van der Waals surface area (Å²) in [5.74, 6) is 1.80. The van der Waals surface area contributed by atoms with E-state index < -0.39 is 6.10 Å². The van der Waals surface area contributed by atoms with Gasteiger partial charge in [-0.15, -0.1) is 0 Å². The average molecular weight is 564 g/mol. The van der Waals surface area contributed by atoms with Crippen LogP contribution in [0.4, 0.5) is 0 Å². The first-order chi connectivity index (χ1) is 19.9. The van der Waals surface area contributed by atoms with Gasteiger partial charge in [-0.2, -0.15) is 0 Å². The molecule has 0 spiro atoms. The first-order valence-corrected chi connectivity index (χ1v) is 13.7. The third-order valence-electron chi connectivity index (χ3n) is 8.25. The summed E-state index contributed by atoms with van der Waals surface area (Å²) in [5, 5.41) is 0. The van der Waals surface area contributed by atoms with Crippen LogP contribution in [0.15, 0.2) is 46.9 Å². The highest BCUT2D eigenvalue weighted by molar-refractivity contribution is 5.93. The fourth-order valence-corrected chi connectivity index (χ4v) is 6.16. The highest BCUT2D eigenvalue weighted by Crippen LogP contribution is 2.57. The molecular formula is C31H33NO9. The fourth-order valence-electron chi connectivity index (χ4n) is 6.16. The monoisotopic (exact) mass is 563 g/mol. The van der Waals surface area contributed by atoms with E-state index in [1.54, 1.807) is 33.3 Å². The molecule has 0 radical (unpaired) electrons. The quantitative estimate of drug-likeness (QED) is 0.489. The third kappa shape index (κ3) is 4.37. The number of hydrogen-bond donors (Lipinski definition) is 0. The first kappa shape index (κ1) is 27.0. The molecule has 0 saturated heterocycles.